The largest absolute Gasteiger partial charge is 0.346 e. The number of fused-ring (bicyclic) bond motifs is 1. The minimum Gasteiger partial charge on any atom is -0.346 e. The Hall–Kier alpha value is -1.62. The molecular weight excluding hydrogens is 264 g/mol. The van der Waals surface area contributed by atoms with Crippen molar-refractivity contribution in [1.29, 1.82) is 0 Å². The fourth-order valence-corrected chi connectivity index (χ4v) is 2.10. The molecule has 102 valence electrons. The maximum atomic E-state index is 11.7. The monoisotopic (exact) mass is 280 g/mol. The number of carbonyl (C=O) groups excluding carboxylic acids is 1. The molecular formula is C13H17ClN4O. The molecule has 0 aliphatic carbocycles. The zero-order chi connectivity index (χ0) is 13.7. The highest BCUT2D eigenvalue weighted by Gasteiger charge is 2.15. The smallest absolute Gasteiger partial charge is 0.220 e. The third kappa shape index (κ3) is 3.44. The molecule has 6 heteroatoms. The summed E-state index contributed by atoms with van der Waals surface area (Å²) >= 11 is 5.58. The first-order chi connectivity index (χ1) is 9.22. The molecule has 1 N–H and O–H groups in total. The van der Waals surface area contributed by atoms with Gasteiger partial charge in [-0.15, -0.1) is 21.8 Å². The van der Waals surface area contributed by atoms with Gasteiger partial charge in [-0.1, -0.05) is 6.07 Å². The summed E-state index contributed by atoms with van der Waals surface area (Å²) in [5.74, 6) is 1.35. The van der Waals surface area contributed by atoms with E-state index in [1.54, 1.807) is 0 Å². The van der Waals surface area contributed by atoms with Crippen molar-refractivity contribution in [1.82, 2.24) is 19.9 Å². The van der Waals surface area contributed by atoms with Crippen molar-refractivity contribution in [2.24, 2.45) is 0 Å². The van der Waals surface area contributed by atoms with Gasteiger partial charge in [0.25, 0.3) is 0 Å². The Balaban J connectivity index is 1.99. The molecule has 0 saturated carbocycles. The van der Waals surface area contributed by atoms with Gasteiger partial charge in [0.05, 0.1) is 6.04 Å². The van der Waals surface area contributed by atoms with Crippen LogP contribution >= 0.6 is 11.6 Å². The van der Waals surface area contributed by atoms with Crippen molar-refractivity contribution in [2.45, 2.75) is 32.2 Å². The first kappa shape index (κ1) is 13.8. The van der Waals surface area contributed by atoms with Crippen LogP contribution in [0.1, 0.15) is 38.1 Å². The Morgan fingerprint density at radius 3 is 3.05 bits per heavy atom. The number of pyridine rings is 1. The van der Waals surface area contributed by atoms with E-state index >= 15 is 0 Å². The highest BCUT2D eigenvalue weighted by Crippen LogP contribution is 2.12. The lowest BCUT2D eigenvalue weighted by Gasteiger charge is -2.12. The lowest BCUT2D eigenvalue weighted by Crippen LogP contribution is -2.27. The summed E-state index contributed by atoms with van der Waals surface area (Å²) in [6.07, 6.45) is 4.05. The van der Waals surface area contributed by atoms with Crippen molar-refractivity contribution < 1.29 is 4.79 Å². The van der Waals surface area contributed by atoms with Crippen LogP contribution in [0.5, 0.6) is 0 Å². The lowest BCUT2D eigenvalue weighted by atomic mass is 10.2. The van der Waals surface area contributed by atoms with E-state index in [4.69, 9.17) is 11.6 Å². The fraction of sp³-hybridized carbons (Fsp3) is 0.462. The molecule has 0 bridgehead atoms. The lowest BCUT2D eigenvalue weighted by molar-refractivity contribution is -0.121. The Morgan fingerprint density at radius 1 is 1.42 bits per heavy atom. The van der Waals surface area contributed by atoms with Crippen molar-refractivity contribution in [3.63, 3.8) is 0 Å². The molecule has 5 nitrogen and oxygen atoms in total. The standard InChI is InChI=1S/C13H17ClN4O/c1-10(15-12(19)7-2-4-8-14)13-17-16-11-6-3-5-9-18(11)13/h3,5-6,9-10H,2,4,7-8H2,1H3,(H,15,19). The van der Waals surface area contributed by atoms with Crippen LogP contribution in [0.25, 0.3) is 5.65 Å². The van der Waals surface area contributed by atoms with Crippen LogP contribution in [0.15, 0.2) is 24.4 Å². The SMILES string of the molecule is CC(NC(=O)CCCCCl)c1nnc2ccccn12. The van der Waals surface area contributed by atoms with E-state index in [0.29, 0.717) is 12.3 Å². The zero-order valence-corrected chi connectivity index (χ0v) is 11.6. The van der Waals surface area contributed by atoms with Crippen molar-refractivity contribution in [3.8, 4) is 0 Å². The molecule has 2 aromatic heterocycles. The highest BCUT2D eigenvalue weighted by atomic mass is 35.5. The molecule has 0 aliphatic rings. The molecule has 2 heterocycles. The number of aromatic nitrogens is 3. The van der Waals surface area contributed by atoms with Crippen LogP contribution in [0.2, 0.25) is 0 Å². The van der Waals surface area contributed by atoms with Gasteiger partial charge in [0.15, 0.2) is 11.5 Å². The number of nitrogens with one attached hydrogen (secondary N) is 1. The summed E-state index contributed by atoms with van der Waals surface area (Å²) < 4.78 is 1.88. The van der Waals surface area contributed by atoms with Gasteiger partial charge in [0, 0.05) is 18.5 Å². The molecule has 1 atom stereocenters. The summed E-state index contributed by atoms with van der Waals surface area (Å²) in [5, 5.41) is 11.1. The summed E-state index contributed by atoms with van der Waals surface area (Å²) in [6, 6.07) is 5.53. The summed E-state index contributed by atoms with van der Waals surface area (Å²) in [4.78, 5) is 11.7. The van der Waals surface area contributed by atoms with Gasteiger partial charge < -0.3 is 5.32 Å². The van der Waals surface area contributed by atoms with Crippen LogP contribution in [-0.2, 0) is 4.79 Å². The van der Waals surface area contributed by atoms with Crippen LogP contribution < -0.4 is 5.32 Å². The van der Waals surface area contributed by atoms with Crippen LogP contribution in [0, 0.1) is 0 Å². The average molecular weight is 281 g/mol. The van der Waals surface area contributed by atoms with E-state index < -0.39 is 0 Å². The normalized spacial score (nSPS) is 12.5. The van der Waals surface area contributed by atoms with Gasteiger partial charge >= 0.3 is 0 Å². The third-order valence-electron chi connectivity index (χ3n) is 2.89. The third-order valence-corrected chi connectivity index (χ3v) is 3.16. The van der Waals surface area contributed by atoms with Crippen LogP contribution in [0.3, 0.4) is 0 Å². The molecule has 1 amide bonds. The second-order valence-corrected chi connectivity index (χ2v) is 4.80. The Bertz CT molecular complexity index is 554. The summed E-state index contributed by atoms with van der Waals surface area (Å²) in [7, 11) is 0. The zero-order valence-electron chi connectivity index (χ0n) is 10.8. The Labute approximate surface area is 117 Å². The molecule has 19 heavy (non-hydrogen) atoms. The molecule has 0 aliphatic heterocycles. The fourth-order valence-electron chi connectivity index (χ4n) is 1.91. The van der Waals surface area contributed by atoms with Gasteiger partial charge in [0.1, 0.15) is 0 Å². The maximum Gasteiger partial charge on any atom is 0.220 e. The molecule has 2 rings (SSSR count). The molecule has 0 spiro atoms. The number of alkyl halides is 1. The van der Waals surface area contributed by atoms with E-state index in [2.05, 4.69) is 15.5 Å². The van der Waals surface area contributed by atoms with Gasteiger partial charge in [-0.05, 0) is 31.9 Å². The number of hydrogen-bond acceptors (Lipinski definition) is 3. The highest BCUT2D eigenvalue weighted by molar-refractivity contribution is 6.17. The first-order valence-corrected chi connectivity index (χ1v) is 6.91. The van der Waals surface area contributed by atoms with Gasteiger partial charge in [-0.25, -0.2) is 0 Å². The quantitative estimate of drug-likeness (QED) is 0.652. The number of halogens is 1. The molecule has 0 radical (unpaired) electrons. The predicted octanol–water partition coefficient (Wildman–Crippen LogP) is 2.32. The topological polar surface area (TPSA) is 59.3 Å². The number of carbonyl (C=O) groups is 1. The number of amides is 1. The van der Waals surface area contributed by atoms with Crippen LogP contribution in [0.4, 0.5) is 0 Å². The van der Waals surface area contributed by atoms with E-state index in [1.165, 1.54) is 0 Å². The minimum absolute atomic E-state index is 0.0188. The molecule has 0 fully saturated rings. The Morgan fingerprint density at radius 2 is 2.26 bits per heavy atom. The number of rotatable bonds is 6. The van der Waals surface area contributed by atoms with E-state index in [-0.39, 0.29) is 11.9 Å². The van der Waals surface area contributed by atoms with Gasteiger partial charge in [-0.3, -0.25) is 9.20 Å². The second-order valence-electron chi connectivity index (χ2n) is 4.42. The summed E-state index contributed by atoms with van der Waals surface area (Å²) in [6.45, 7) is 1.91. The maximum absolute atomic E-state index is 11.7. The van der Waals surface area contributed by atoms with E-state index in [0.717, 1.165) is 24.3 Å². The van der Waals surface area contributed by atoms with Gasteiger partial charge in [-0.2, -0.15) is 0 Å². The molecule has 2 aromatic rings. The number of hydrogen-bond donors (Lipinski definition) is 1. The van der Waals surface area contributed by atoms with Crippen LogP contribution in [-0.4, -0.2) is 26.4 Å². The first-order valence-electron chi connectivity index (χ1n) is 6.37. The molecule has 0 saturated heterocycles. The van der Waals surface area contributed by atoms with E-state index in [9.17, 15) is 4.79 Å². The number of nitrogens with zero attached hydrogens (tertiary/aromatic N) is 3. The number of unbranched alkanes of at least 4 members (excludes halogenated alkanes) is 1. The predicted molar refractivity (Wildman–Crippen MR) is 74.1 cm³/mol. The van der Waals surface area contributed by atoms with E-state index in [1.807, 2.05) is 35.7 Å². The van der Waals surface area contributed by atoms with Crippen molar-refractivity contribution in [2.75, 3.05) is 5.88 Å². The van der Waals surface area contributed by atoms with Gasteiger partial charge in [0.2, 0.25) is 5.91 Å². The second kappa shape index (κ2) is 6.52. The molecule has 0 aromatic carbocycles. The van der Waals surface area contributed by atoms with Crippen molar-refractivity contribution in [3.05, 3.63) is 30.2 Å². The molecule has 1 unspecified atom stereocenters. The van der Waals surface area contributed by atoms with Crippen molar-refractivity contribution >= 4 is 23.2 Å². The Kier molecular flexibility index (Phi) is 4.74. The minimum atomic E-state index is -0.166. The average Bonchev–Trinajstić information content (AvgIpc) is 2.83. The summed E-state index contributed by atoms with van der Waals surface area (Å²) in [5.41, 5.74) is 0.778.